The van der Waals surface area contributed by atoms with E-state index in [0.29, 0.717) is 15.9 Å². The molecular formula is C13H18BrN3O2. The molecule has 2 N–H and O–H groups in total. The lowest BCUT2D eigenvalue weighted by Gasteiger charge is -2.32. The van der Waals surface area contributed by atoms with E-state index in [1.165, 1.54) is 0 Å². The van der Waals surface area contributed by atoms with E-state index in [9.17, 15) is 4.79 Å². The second-order valence-corrected chi connectivity index (χ2v) is 5.43. The molecule has 0 atom stereocenters. The highest BCUT2D eigenvalue weighted by atomic mass is 79.9. The number of hydrogen-bond donors (Lipinski definition) is 1. The van der Waals surface area contributed by atoms with Crippen LogP contribution in [0.2, 0.25) is 0 Å². The number of piperazine rings is 1. The van der Waals surface area contributed by atoms with Gasteiger partial charge in [-0.05, 0) is 35.1 Å². The average Bonchev–Trinajstić information content (AvgIpc) is 2.41. The Hall–Kier alpha value is -1.27. The Morgan fingerprint density at radius 2 is 2.05 bits per heavy atom. The predicted molar refractivity (Wildman–Crippen MR) is 78.1 cm³/mol. The first-order chi connectivity index (χ1) is 9.08. The van der Waals surface area contributed by atoms with Crippen LogP contribution in [0.1, 0.15) is 0 Å². The minimum Gasteiger partial charge on any atom is -0.483 e. The SMILES string of the molecule is CN1CCN(C(=O)COc2cccc(N)c2Br)CC1. The summed E-state index contributed by atoms with van der Waals surface area (Å²) in [6, 6.07) is 5.37. The molecular weight excluding hydrogens is 310 g/mol. The second-order valence-electron chi connectivity index (χ2n) is 4.63. The quantitative estimate of drug-likeness (QED) is 0.847. The number of carbonyl (C=O) groups is 1. The average molecular weight is 328 g/mol. The van der Waals surface area contributed by atoms with Crippen LogP contribution in [0.25, 0.3) is 0 Å². The van der Waals surface area contributed by atoms with Crippen LogP contribution < -0.4 is 10.5 Å². The van der Waals surface area contributed by atoms with Crippen molar-refractivity contribution in [2.45, 2.75) is 0 Å². The number of nitrogens with two attached hydrogens (primary N) is 1. The van der Waals surface area contributed by atoms with Gasteiger partial charge in [0.05, 0.1) is 4.47 Å². The molecule has 1 aliphatic heterocycles. The standard InChI is InChI=1S/C13H18BrN3O2/c1-16-5-7-17(8-6-16)12(18)9-19-11-4-2-3-10(15)13(11)14/h2-4H,5-9,15H2,1H3. The lowest BCUT2D eigenvalue weighted by atomic mass is 10.3. The lowest BCUT2D eigenvalue weighted by molar-refractivity contribution is -0.134. The lowest BCUT2D eigenvalue weighted by Crippen LogP contribution is -2.48. The summed E-state index contributed by atoms with van der Waals surface area (Å²) in [6.45, 7) is 3.39. The van der Waals surface area contributed by atoms with E-state index < -0.39 is 0 Å². The van der Waals surface area contributed by atoms with Gasteiger partial charge >= 0.3 is 0 Å². The van der Waals surface area contributed by atoms with Gasteiger partial charge in [0.2, 0.25) is 0 Å². The molecule has 0 unspecified atom stereocenters. The van der Waals surface area contributed by atoms with Crippen molar-refractivity contribution in [2.24, 2.45) is 0 Å². The molecule has 1 aromatic carbocycles. The van der Waals surface area contributed by atoms with Crippen molar-refractivity contribution in [1.29, 1.82) is 0 Å². The van der Waals surface area contributed by atoms with Gasteiger partial charge in [-0.1, -0.05) is 6.07 Å². The number of halogens is 1. The molecule has 1 fully saturated rings. The van der Waals surface area contributed by atoms with Crippen LogP contribution >= 0.6 is 15.9 Å². The summed E-state index contributed by atoms with van der Waals surface area (Å²) in [7, 11) is 2.06. The number of ether oxygens (including phenoxy) is 1. The van der Waals surface area contributed by atoms with E-state index in [-0.39, 0.29) is 12.5 Å². The van der Waals surface area contributed by atoms with Crippen LogP contribution in [-0.4, -0.2) is 55.5 Å². The van der Waals surface area contributed by atoms with E-state index in [1.807, 2.05) is 4.90 Å². The molecule has 2 rings (SSSR count). The fourth-order valence-corrected chi connectivity index (χ4v) is 2.30. The van der Waals surface area contributed by atoms with Crippen molar-refractivity contribution >= 4 is 27.5 Å². The number of hydrogen-bond acceptors (Lipinski definition) is 4. The van der Waals surface area contributed by atoms with Gasteiger partial charge in [0.15, 0.2) is 6.61 Å². The Balaban J connectivity index is 1.88. The van der Waals surface area contributed by atoms with Crippen LogP contribution in [0.5, 0.6) is 5.75 Å². The van der Waals surface area contributed by atoms with Crippen molar-refractivity contribution < 1.29 is 9.53 Å². The van der Waals surface area contributed by atoms with E-state index in [2.05, 4.69) is 27.9 Å². The number of benzene rings is 1. The third-order valence-electron chi connectivity index (χ3n) is 3.20. The summed E-state index contributed by atoms with van der Waals surface area (Å²) < 4.78 is 6.22. The van der Waals surface area contributed by atoms with Gasteiger partial charge in [0.25, 0.3) is 5.91 Å². The molecule has 0 saturated carbocycles. The molecule has 1 amide bonds. The fourth-order valence-electron chi connectivity index (χ4n) is 1.93. The van der Waals surface area contributed by atoms with Gasteiger partial charge in [-0.2, -0.15) is 0 Å². The smallest absolute Gasteiger partial charge is 0.260 e. The van der Waals surface area contributed by atoms with Crippen molar-refractivity contribution in [1.82, 2.24) is 9.80 Å². The zero-order valence-corrected chi connectivity index (χ0v) is 12.5. The molecule has 5 nitrogen and oxygen atoms in total. The highest BCUT2D eigenvalue weighted by Crippen LogP contribution is 2.30. The summed E-state index contributed by atoms with van der Waals surface area (Å²) in [5.41, 5.74) is 6.36. The Bertz CT molecular complexity index is 459. The summed E-state index contributed by atoms with van der Waals surface area (Å²) in [6.07, 6.45) is 0. The number of likely N-dealkylation sites (N-methyl/N-ethyl adjacent to an activating group) is 1. The molecule has 0 radical (unpaired) electrons. The molecule has 0 spiro atoms. The number of nitrogens with zero attached hydrogens (tertiary/aromatic N) is 2. The summed E-state index contributed by atoms with van der Waals surface area (Å²) in [4.78, 5) is 16.1. The molecule has 1 saturated heterocycles. The number of carbonyl (C=O) groups excluding carboxylic acids is 1. The van der Waals surface area contributed by atoms with Gasteiger partial charge in [0.1, 0.15) is 5.75 Å². The summed E-state index contributed by atoms with van der Waals surface area (Å²) >= 11 is 3.35. The Morgan fingerprint density at radius 1 is 1.37 bits per heavy atom. The van der Waals surface area contributed by atoms with Crippen LogP contribution in [0.3, 0.4) is 0 Å². The number of amides is 1. The van der Waals surface area contributed by atoms with E-state index in [0.717, 1.165) is 26.2 Å². The Kier molecular flexibility index (Phi) is 4.66. The fraction of sp³-hybridized carbons (Fsp3) is 0.462. The number of nitrogen functional groups attached to an aromatic ring is 1. The minimum atomic E-state index is 0.0161. The van der Waals surface area contributed by atoms with Crippen molar-refractivity contribution in [3.8, 4) is 5.75 Å². The van der Waals surface area contributed by atoms with Gasteiger partial charge in [-0.25, -0.2) is 0 Å². The maximum absolute atomic E-state index is 12.0. The van der Waals surface area contributed by atoms with Crippen LogP contribution in [0.4, 0.5) is 5.69 Å². The molecule has 104 valence electrons. The summed E-state index contributed by atoms with van der Waals surface area (Å²) in [5.74, 6) is 0.616. The number of anilines is 1. The number of rotatable bonds is 3. The largest absolute Gasteiger partial charge is 0.483 e. The maximum atomic E-state index is 12.0. The molecule has 0 bridgehead atoms. The molecule has 0 aliphatic carbocycles. The molecule has 19 heavy (non-hydrogen) atoms. The van der Waals surface area contributed by atoms with Crippen molar-refractivity contribution in [2.75, 3.05) is 45.6 Å². The molecule has 6 heteroatoms. The Morgan fingerprint density at radius 3 is 2.74 bits per heavy atom. The summed E-state index contributed by atoms with van der Waals surface area (Å²) in [5, 5.41) is 0. The first kappa shape index (κ1) is 14.1. The van der Waals surface area contributed by atoms with Gasteiger partial charge < -0.3 is 20.3 Å². The third-order valence-corrected chi connectivity index (χ3v) is 4.05. The zero-order chi connectivity index (χ0) is 13.8. The maximum Gasteiger partial charge on any atom is 0.260 e. The van der Waals surface area contributed by atoms with Crippen LogP contribution in [-0.2, 0) is 4.79 Å². The molecule has 1 aliphatic rings. The van der Waals surface area contributed by atoms with E-state index >= 15 is 0 Å². The van der Waals surface area contributed by atoms with Gasteiger partial charge in [-0.15, -0.1) is 0 Å². The van der Waals surface area contributed by atoms with Gasteiger partial charge in [-0.3, -0.25) is 4.79 Å². The van der Waals surface area contributed by atoms with Crippen LogP contribution in [0, 0.1) is 0 Å². The molecule has 1 heterocycles. The van der Waals surface area contributed by atoms with Gasteiger partial charge in [0, 0.05) is 31.9 Å². The highest BCUT2D eigenvalue weighted by molar-refractivity contribution is 9.10. The monoisotopic (exact) mass is 327 g/mol. The van der Waals surface area contributed by atoms with E-state index in [1.54, 1.807) is 18.2 Å². The third kappa shape index (κ3) is 3.61. The van der Waals surface area contributed by atoms with Crippen molar-refractivity contribution in [3.05, 3.63) is 22.7 Å². The van der Waals surface area contributed by atoms with Crippen LogP contribution in [0.15, 0.2) is 22.7 Å². The van der Waals surface area contributed by atoms with Crippen molar-refractivity contribution in [3.63, 3.8) is 0 Å². The highest BCUT2D eigenvalue weighted by Gasteiger charge is 2.19. The van der Waals surface area contributed by atoms with E-state index in [4.69, 9.17) is 10.5 Å². The molecule has 1 aromatic rings. The first-order valence-corrected chi connectivity index (χ1v) is 7.00. The first-order valence-electron chi connectivity index (χ1n) is 6.21. The minimum absolute atomic E-state index is 0.0161. The molecule has 0 aromatic heterocycles. The normalized spacial score (nSPS) is 16.4. The predicted octanol–water partition coefficient (Wildman–Crippen LogP) is 1.18. The Labute approximate surface area is 121 Å². The topological polar surface area (TPSA) is 58.8 Å². The second kappa shape index (κ2) is 6.25. The zero-order valence-electron chi connectivity index (χ0n) is 10.9.